The van der Waals surface area contributed by atoms with Crippen LogP contribution in [0.1, 0.15) is 46.5 Å². The summed E-state index contributed by atoms with van der Waals surface area (Å²) in [6.07, 6.45) is 4.31. The molecule has 80 valence electrons. The van der Waals surface area contributed by atoms with Crippen LogP contribution in [0.3, 0.4) is 0 Å². The maximum absolute atomic E-state index is 11.9. The van der Waals surface area contributed by atoms with Crippen molar-refractivity contribution >= 4 is 5.78 Å². The van der Waals surface area contributed by atoms with Gasteiger partial charge in [-0.25, -0.2) is 0 Å². The summed E-state index contributed by atoms with van der Waals surface area (Å²) in [7, 11) is 0. The highest BCUT2D eigenvalue weighted by Gasteiger charge is 2.34. The number of Topliss-reactive ketones (excluding diaryl/α,β-unsaturated/α-hetero) is 1. The number of allylic oxidation sites excluding steroid dienone is 1. The normalized spacial score (nSPS) is 32.6. The van der Waals surface area contributed by atoms with Crippen LogP contribution in [-0.4, -0.2) is 5.78 Å². The maximum Gasteiger partial charge on any atom is 0.136 e. The van der Waals surface area contributed by atoms with Crippen LogP contribution in [0.15, 0.2) is 12.2 Å². The number of hydrogen-bond donors (Lipinski definition) is 0. The fraction of sp³-hybridized carbons (Fsp3) is 0.769. The molecule has 0 aliphatic heterocycles. The predicted octanol–water partition coefficient (Wildman–Crippen LogP) is 3.59. The van der Waals surface area contributed by atoms with E-state index in [0.29, 0.717) is 24.0 Å². The SMILES string of the molecule is C=C(C)C1CCCC(C)C1C(=O)CC. The fourth-order valence-electron chi connectivity index (χ4n) is 2.75. The average Bonchev–Trinajstić information content (AvgIpc) is 2.16. The van der Waals surface area contributed by atoms with E-state index in [0.717, 1.165) is 6.42 Å². The second-order valence-electron chi connectivity index (χ2n) is 4.71. The summed E-state index contributed by atoms with van der Waals surface area (Å²) in [4.78, 5) is 11.9. The molecule has 0 saturated heterocycles. The quantitative estimate of drug-likeness (QED) is 0.627. The van der Waals surface area contributed by atoms with E-state index < -0.39 is 0 Å². The van der Waals surface area contributed by atoms with Gasteiger partial charge in [0.1, 0.15) is 5.78 Å². The minimum absolute atomic E-state index is 0.256. The van der Waals surface area contributed by atoms with Crippen molar-refractivity contribution in [2.75, 3.05) is 0 Å². The van der Waals surface area contributed by atoms with Crippen molar-refractivity contribution in [2.45, 2.75) is 46.5 Å². The lowest BCUT2D eigenvalue weighted by molar-refractivity contribution is -0.126. The zero-order valence-corrected chi connectivity index (χ0v) is 9.68. The Labute approximate surface area is 87.6 Å². The van der Waals surface area contributed by atoms with Gasteiger partial charge in [-0.2, -0.15) is 0 Å². The van der Waals surface area contributed by atoms with Crippen LogP contribution in [-0.2, 0) is 4.79 Å². The van der Waals surface area contributed by atoms with Crippen LogP contribution in [0.5, 0.6) is 0 Å². The first-order valence-corrected chi connectivity index (χ1v) is 5.76. The molecule has 1 rings (SSSR count). The van der Waals surface area contributed by atoms with Crippen molar-refractivity contribution < 1.29 is 4.79 Å². The standard InChI is InChI=1S/C13H22O/c1-5-12(14)13-10(4)7-6-8-11(13)9(2)3/h10-11,13H,2,5-8H2,1,3-4H3. The second-order valence-corrected chi connectivity index (χ2v) is 4.71. The topological polar surface area (TPSA) is 17.1 Å². The van der Waals surface area contributed by atoms with Crippen molar-refractivity contribution in [1.29, 1.82) is 0 Å². The minimum Gasteiger partial charge on any atom is -0.299 e. The molecule has 0 radical (unpaired) electrons. The summed E-state index contributed by atoms with van der Waals surface area (Å²) < 4.78 is 0. The molecule has 3 atom stereocenters. The van der Waals surface area contributed by atoms with E-state index in [4.69, 9.17) is 0 Å². The Bertz CT molecular complexity index is 229. The molecule has 1 aliphatic carbocycles. The lowest BCUT2D eigenvalue weighted by atomic mass is 9.68. The van der Waals surface area contributed by atoms with Gasteiger partial charge in [-0.15, -0.1) is 0 Å². The van der Waals surface area contributed by atoms with E-state index >= 15 is 0 Å². The van der Waals surface area contributed by atoms with E-state index in [1.54, 1.807) is 0 Å². The summed E-state index contributed by atoms with van der Waals surface area (Å²) in [5.74, 6) is 1.69. The number of carbonyl (C=O) groups excluding carboxylic acids is 1. The highest BCUT2D eigenvalue weighted by Crippen LogP contribution is 2.39. The summed E-state index contributed by atoms with van der Waals surface area (Å²) in [5, 5.41) is 0. The van der Waals surface area contributed by atoms with E-state index in [1.165, 1.54) is 18.4 Å². The van der Waals surface area contributed by atoms with Crippen LogP contribution in [0.2, 0.25) is 0 Å². The molecule has 0 amide bonds. The Morgan fingerprint density at radius 1 is 1.43 bits per heavy atom. The van der Waals surface area contributed by atoms with Gasteiger partial charge < -0.3 is 0 Å². The third-order valence-corrected chi connectivity index (χ3v) is 3.57. The monoisotopic (exact) mass is 194 g/mol. The largest absolute Gasteiger partial charge is 0.299 e. The van der Waals surface area contributed by atoms with E-state index in [1.807, 2.05) is 6.92 Å². The van der Waals surface area contributed by atoms with Gasteiger partial charge in [-0.05, 0) is 31.6 Å². The van der Waals surface area contributed by atoms with Crippen molar-refractivity contribution in [3.05, 3.63) is 12.2 Å². The molecule has 0 heterocycles. The van der Waals surface area contributed by atoms with Gasteiger partial charge >= 0.3 is 0 Å². The van der Waals surface area contributed by atoms with Crippen molar-refractivity contribution in [3.63, 3.8) is 0 Å². The maximum atomic E-state index is 11.9. The molecule has 0 spiro atoms. The van der Waals surface area contributed by atoms with E-state index in [9.17, 15) is 4.79 Å². The summed E-state index contributed by atoms with van der Waals surface area (Å²) >= 11 is 0. The first-order valence-electron chi connectivity index (χ1n) is 5.76. The summed E-state index contributed by atoms with van der Waals surface area (Å²) in [6.45, 7) is 10.3. The summed E-state index contributed by atoms with van der Waals surface area (Å²) in [6, 6.07) is 0. The highest BCUT2D eigenvalue weighted by atomic mass is 16.1. The molecule has 0 aromatic rings. The molecule has 0 N–H and O–H groups in total. The molecule has 1 heteroatoms. The Balaban J connectivity index is 2.81. The number of ketones is 1. The molecule has 0 bridgehead atoms. The second kappa shape index (κ2) is 4.77. The lowest BCUT2D eigenvalue weighted by Crippen LogP contribution is -2.33. The first kappa shape index (κ1) is 11.5. The van der Waals surface area contributed by atoms with E-state index in [-0.39, 0.29) is 5.92 Å². The van der Waals surface area contributed by atoms with Crippen molar-refractivity contribution in [2.24, 2.45) is 17.8 Å². The number of rotatable bonds is 3. The average molecular weight is 194 g/mol. The van der Waals surface area contributed by atoms with E-state index in [2.05, 4.69) is 20.4 Å². The Kier molecular flexibility index (Phi) is 3.91. The van der Waals surface area contributed by atoms with Gasteiger partial charge in [-0.3, -0.25) is 4.79 Å². The van der Waals surface area contributed by atoms with Gasteiger partial charge in [0.15, 0.2) is 0 Å². The molecule has 1 saturated carbocycles. The molecular formula is C13H22O. The predicted molar refractivity (Wildman–Crippen MR) is 60.1 cm³/mol. The Hall–Kier alpha value is -0.590. The number of hydrogen-bond acceptors (Lipinski definition) is 1. The van der Waals surface area contributed by atoms with Gasteiger partial charge in [0.05, 0.1) is 0 Å². The van der Waals surface area contributed by atoms with Crippen LogP contribution in [0.25, 0.3) is 0 Å². The minimum atomic E-state index is 0.256. The molecule has 0 aromatic heterocycles. The van der Waals surface area contributed by atoms with Crippen LogP contribution >= 0.6 is 0 Å². The Morgan fingerprint density at radius 3 is 2.57 bits per heavy atom. The lowest BCUT2D eigenvalue weighted by Gasteiger charge is -2.35. The summed E-state index contributed by atoms with van der Waals surface area (Å²) in [5.41, 5.74) is 1.20. The van der Waals surface area contributed by atoms with Crippen LogP contribution in [0, 0.1) is 17.8 Å². The highest BCUT2D eigenvalue weighted by molar-refractivity contribution is 5.81. The van der Waals surface area contributed by atoms with Gasteiger partial charge in [0, 0.05) is 12.3 Å². The van der Waals surface area contributed by atoms with Gasteiger partial charge in [0.2, 0.25) is 0 Å². The molecule has 1 aliphatic rings. The van der Waals surface area contributed by atoms with Crippen LogP contribution < -0.4 is 0 Å². The zero-order valence-electron chi connectivity index (χ0n) is 9.68. The zero-order chi connectivity index (χ0) is 10.7. The molecular weight excluding hydrogens is 172 g/mol. The third kappa shape index (κ3) is 2.26. The Morgan fingerprint density at radius 2 is 2.07 bits per heavy atom. The van der Waals surface area contributed by atoms with Crippen LogP contribution in [0.4, 0.5) is 0 Å². The number of carbonyl (C=O) groups is 1. The molecule has 3 unspecified atom stereocenters. The first-order chi connectivity index (χ1) is 6.57. The molecule has 14 heavy (non-hydrogen) atoms. The van der Waals surface area contributed by atoms with Gasteiger partial charge in [0.25, 0.3) is 0 Å². The van der Waals surface area contributed by atoms with Gasteiger partial charge in [-0.1, -0.05) is 32.4 Å². The molecule has 1 fully saturated rings. The van der Waals surface area contributed by atoms with Crippen molar-refractivity contribution in [3.8, 4) is 0 Å². The third-order valence-electron chi connectivity index (χ3n) is 3.57. The molecule has 1 nitrogen and oxygen atoms in total. The molecule has 0 aromatic carbocycles. The smallest absolute Gasteiger partial charge is 0.136 e. The van der Waals surface area contributed by atoms with Crippen molar-refractivity contribution in [1.82, 2.24) is 0 Å². The fourth-order valence-corrected chi connectivity index (χ4v) is 2.75.